The summed E-state index contributed by atoms with van der Waals surface area (Å²) in [6, 6.07) is 4.38. The third kappa shape index (κ3) is 2.53. The maximum atomic E-state index is 13.5. The van der Waals surface area contributed by atoms with Gasteiger partial charge in [0.15, 0.2) is 5.78 Å². The van der Waals surface area contributed by atoms with Crippen molar-refractivity contribution >= 4 is 11.5 Å². The molecule has 0 atom stereocenters. The molecule has 1 N–H and O–H groups in total. The van der Waals surface area contributed by atoms with Gasteiger partial charge in [-0.2, -0.15) is 0 Å². The minimum absolute atomic E-state index is 0.0812. The molecule has 4 heteroatoms. The summed E-state index contributed by atoms with van der Waals surface area (Å²) in [5.41, 5.74) is 0.588. The molecule has 0 saturated carbocycles. The number of carbonyl (C=O) groups excluding carboxylic acids is 1. The second-order valence-electron chi connectivity index (χ2n) is 3.34. The number of carbonyl (C=O) groups is 1. The van der Waals surface area contributed by atoms with Gasteiger partial charge in [-0.15, -0.1) is 0 Å². The first-order valence-corrected chi connectivity index (χ1v) is 4.69. The molecule has 3 nitrogen and oxygen atoms in total. The molecule has 0 fully saturated rings. The zero-order chi connectivity index (χ0) is 11.4. The lowest BCUT2D eigenvalue weighted by molar-refractivity contribution is 0.101. The van der Waals surface area contributed by atoms with Crippen LogP contribution in [0.5, 0.6) is 0 Å². The summed E-state index contributed by atoms with van der Waals surface area (Å²) in [5, 5.41) is 8.77. The number of benzene rings is 1. The normalized spacial score (nSPS) is 10.1. The van der Waals surface area contributed by atoms with Gasteiger partial charge < -0.3 is 10.0 Å². The molecule has 0 radical (unpaired) electrons. The van der Waals surface area contributed by atoms with Gasteiger partial charge in [0.1, 0.15) is 5.82 Å². The molecule has 0 bridgehead atoms. The van der Waals surface area contributed by atoms with Crippen molar-refractivity contribution in [2.45, 2.75) is 6.92 Å². The van der Waals surface area contributed by atoms with Gasteiger partial charge in [-0.1, -0.05) is 6.07 Å². The first kappa shape index (κ1) is 11.7. The first-order chi connectivity index (χ1) is 7.07. The number of rotatable bonds is 4. The van der Waals surface area contributed by atoms with Crippen LogP contribution in [0, 0.1) is 5.82 Å². The van der Waals surface area contributed by atoms with E-state index in [0.717, 1.165) is 0 Å². The molecule has 0 spiro atoms. The zero-order valence-electron chi connectivity index (χ0n) is 8.83. The fourth-order valence-corrected chi connectivity index (χ4v) is 1.45. The molecule has 0 amide bonds. The van der Waals surface area contributed by atoms with Crippen molar-refractivity contribution in [1.82, 2.24) is 0 Å². The van der Waals surface area contributed by atoms with Crippen LogP contribution in [0.3, 0.4) is 0 Å². The van der Waals surface area contributed by atoms with Crippen molar-refractivity contribution in [3.63, 3.8) is 0 Å². The Morgan fingerprint density at radius 1 is 1.53 bits per heavy atom. The Labute approximate surface area is 88.1 Å². The standard InChI is InChI=1S/C11H14FNO2/c1-8(15)9-4-3-5-10(12)11(9)13(2)6-7-14/h3-5,14H,6-7H2,1-2H3. The van der Waals surface area contributed by atoms with Gasteiger partial charge in [0, 0.05) is 19.2 Å². The molecule has 0 heterocycles. The van der Waals surface area contributed by atoms with Crippen molar-refractivity contribution < 1.29 is 14.3 Å². The van der Waals surface area contributed by atoms with E-state index in [4.69, 9.17) is 5.11 Å². The molecule has 1 aromatic rings. The Balaban J connectivity index is 3.18. The number of aliphatic hydroxyl groups excluding tert-OH is 1. The molecular weight excluding hydrogens is 197 g/mol. The lowest BCUT2D eigenvalue weighted by Gasteiger charge is -2.21. The van der Waals surface area contributed by atoms with Crippen LogP contribution < -0.4 is 4.90 Å². The molecule has 15 heavy (non-hydrogen) atoms. The van der Waals surface area contributed by atoms with Gasteiger partial charge in [0.25, 0.3) is 0 Å². The summed E-state index contributed by atoms with van der Waals surface area (Å²) in [6.07, 6.45) is 0. The largest absolute Gasteiger partial charge is 0.395 e. The van der Waals surface area contributed by atoms with E-state index in [-0.39, 0.29) is 18.1 Å². The highest BCUT2D eigenvalue weighted by atomic mass is 19.1. The Morgan fingerprint density at radius 3 is 2.73 bits per heavy atom. The lowest BCUT2D eigenvalue weighted by atomic mass is 10.1. The molecule has 0 aliphatic heterocycles. The van der Waals surface area contributed by atoms with Crippen LogP contribution in [0.25, 0.3) is 0 Å². The fraction of sp³-hybridized carbons (Fsp3) is 0.364. The van der Waals surface area contributed by atoms with E-state index in [1.165, 1.54) is 24.0 Å². The molecule has 1 rings (SSSR count). The second-order valence-corrected chi connectivity index (χ2v) is 3.34. The molecule has 82 valence electrons. The average Bonchev–Trinajstić information content (AvgIpc) is 2.17. The minimum atomic E-state index is -0.446. The SMILES string of the molecule is CC(=O)c1cccc(F)c1N(C)CCO. The number of hydrogen-bond donors (Lipinski definition) is 1. The molecule has 0 unspecified atom stereocenters. The van der Waals surface area contributed by atoms with Crippen molar-refractivity contribution in [2.24, 2.45) is 0 Å². The number of ketones is 1. The summed E-state index contributed by atoms with van der Waals surface area (Å²) < 4.78 is 13.5. The van der Waals surface area contributed by atoms with Crippen LogP contribution in [0.4, 0.5) is 10.1 Å². The van der Waals surface area contributed by atoms with Crippen LogP contribution in [0.2, 0.25) is 0 Å². The van der Waals surface area contributed by atoms with Gasteiger partial charge in [-0.25, -0.2) is 4.39 Å². The van der Waals surface area contributed by atoms with Gasteiger partial charge in [-0.3, -0.25) is 4.79 Å². The number of aliphatic hydroxyl groups is 1. The molecule has 0 saturated heterocycles. The number of anilines is 1. The van der Waals surface area contributed by atoms with Crippen molar-refractivity contribution in [2.75, 3.05) is 25.1 Å². The third-order valence-electron chi connectivity index (χ3n) is 2.18. The first-order valence-electron chi connectivity index (χ1n) is 4.69. The fourth-order valence-electron chi connectivity index (χ4n) is 1.45. The third-order valence-corrected chi connectivity index (χ3v) is 2.18. The highest BCUT2D eigenvalue weighted by Gasteiger charge is 2.15. The molecule has 0 aromatic heterocycles. The van der Waals surface area contributed by atoms with Crippen molar-refractivity contribution in [3.8, 4) is 0 Å². The van der Waals surface area contributed by atoms with Crippen molar-refractivity contribution in [1.29, 1.82) is 0 Å². The van der Waals surface area contributed by atoms with E-state index in [1.807, 2.05) is 0 Å². The van der Waals surface area contributed by atoms with E-state index >= 15 is 0 Å². The predicted molar refractivity (Wildman–Crippen MR) is 56.8 cm³/mol. The Hall–Kier alpha value is -1.42. The number of hydrogen-bond acceptors (Lipinski definition) is 3. The number of likely N-dealkylation sites (N-methyl/N-ethyl adjacent to an activating group) is 1. The average molecular weight is 211 g/mol. The van der Waals surface area contributed by atoms with E-state index in [0.29, 0.717) is 12.1 Å². The highest BCUT2D eigenvalue weighted by Crippen LogP contribution is 2.23. The predicted octanol–water partition coefficient (Wildman–Crippen LogP) is 1.46. The Morgan fingerprint density at radius 2 is 2.20 bits per heavy atom. The van der Waals surface area contributed by atoms with E-state index < -0.39 is 5.82 Å². The van der Waals surface area contributed by atoms with Gasteiger partial charge >= 0.3 is 0 Å². The zero-order valence-corrected chi connectivity index (χ0v) is 8.83. The lowest BCUT2D eigenvalue weighted by Crippen LogP contribution is -2.24. The number of para-hydroxylation sites is 1. The quantitative estimate of drug-likeness (QED) is 0.766. The highest BCUT2D eigenvalue weighted by molar-refractivity contribution is 5.99. The second kappa shape index (κ2) is 4.89. The van der Waals surface area contributed by atoms with E-state index in [9.17, 15) is 9.18 Å². The topological polar surface area (TPSA) is 40.5 Å². The minimum Gasteiger partial charge on any atom is -0.395 e. The van der Waals surface area contributed by atoms with Gasteiger partial charge in [0.05, 0.1) is 12.3 Å². The Bertz CT molecular complexity index is 366. The summed E-state index contributed by atoms with van der Waals surface area (Å²) >= 11 is 0. The van der Waals surface area contributed by atoms with Crippen LogP contribution >= 0.6 is 0 Å². The maximum absolute atomic E-state index is 13.5. The van der Waals surface area contributed by atoms with Crippen LogP contribution in [-0.2, 0) is 0 Å². The van der Waals surface area contributed by atoms with Crippen LogP contribution in [0.15, 0.2) is 18.2 Å². The summed E-state index contributed by atoms with van der Waals surface area (Å²) in [7, 11) is 1.64. The molecule has 0 aliphatic carbocycles. The van der Waals surface area contributed by atoms with E-state index in [1.54, 1.807) is 13.1 Å². The molecular formula is C11H14FNO2. The summed E-state index contributed by atoms with van der Waals surface area (Å²) in [6.45, 7) is 1.61. The van der Waals surface area contributed by atoms with Crippen LogP contribution in [-0.4, -0.2) is 31.1 Å². The van der Waals surface area contributed by atoms with Gasteiger partial charge in [0.2, 0.25) is 0 Å². The maximum Gasteiger partial charge on any atom is 0.161 e. The monoisotopic (exact) mass is 211 g/mol. The Kier molecular flexibility index (Phi) is 3.80. The molecule has 0 aliphatic rings. The van der Waals surface area contributed by atoms with Gasteiger partial charge in [-0.05, 0) is 19.1 Å². The summed E-state index contributed by atoms with van der Waals surface area (Å²) in [4.78, 5) is 12.8. The number of Topliss-reactive ketones (excluding diaryl/α,β-unsaturated/α-hetero) is 1. The van der Waals surface area contributed by atoms with Crippen molar-refractivity contribution in [3.05, 3.63) is 29.6 Å². The number of nitrogens with zero attached hydrogens (tertiary/aromatic N) is 1. The summed E-state index contributed by atoms with van der Waals surface area (Å²) in [5.74, 6) is -0.632. The number of halogens is 1. The van der Waals surface area contributed by atoms with E-state index in [2.05, 4.69) is 0 Å². The van der Waals surface area contributed by atoms with Crippen LogP contribution in [0.1, 0.15) is 17.3 Å². The smallest absolute Gasteiger partial charge is 0.161 e. The molecule has 1 aromatic carbocycles.